The first-order chi connectivity index (χ1) is 15.2. The van der Waals surface area contributed by atoms with E-state index in [1.54, 1.807) is 0 Å². The molecule has 0 aromatic carbocycles. The van der Waals surface area contributed by atoms with Crippen LogP contribution in [0.15, 0.2) is 22.3 Å². The van der Waals surface area contributed by atoms with Crippen molar-refractivity contribution in [3.05, 3.63) is 34.5 Å². The largest absolute Gasteiger partial charge is 0.449 e. The zero-order valence-electron chi connectivity index (χ0n) is 16.9. The molecule has 4 heterocycles. The molecule has 0 amide bonds. The van der Waals surface area contributed by atoms with Gasteiger partial charge in [-0.05, 0) is 43.5 Å². The van der Waals surface area contributed by atoms with Gasteiger partial charge in [-0.15, -0.1) is 0 Å². The molecule has 5 rings (SSSR count). The highest BCUT2D eigenvalue weighted by molar-refractivity contribution is 7.99. The van der Waals surface area contributed by atoms with Gasteiger partial charge in [-0.2, -0.15) is 13.2 Å². The van der Waals surface area contributed by atoms with Crippen molar-refractivity contribution in [2.24, 2.45) is 5.73 Å². The summed E-state index contributed by atoms with van der Waals surface area (Å²) in [6.45, 7) is 2.00. The van der Waals surface area contributed by atoms with Gasteiger partial charge in [-0.25, -0.2) is 19.9 Å². The van der Waals surface area contributed by atoms with Crippen molar-refractivity contribution in [1.82, 2.24) is 29.9 Å². The Labute approximate surface area is 189 Å². The third kappa shape index (κ3) is 3.82. The summed E-state index contributed by atoms with van der Waals surface area (Å²) in [5.74, 6) is -0.901. The Morgan fingerprint density at radius 3 is 2.69 bits per heavy atom. The molecule has 32 heavy (non-hydrogen) atoms. The lowest BCUT2D eigenvalue weighted by molar-refractivity contribution is -0.144. The number of H-pyrrole nitrogens is 2. The van der Waals surface area contributed by atoms with E-state index in [9.17, 15) is 13.2 Å². The standard InChI is InChI=1S/C20H19ClF3N7S/c1-2-11-14(21)13-15(8-3-4-9(25)5-8)29-19(31-17(13)27-11)32-10-6-12-16(26-7-10)30-18(28-12)20(22,23)24/h6-9H,2-5,25H2,1H3,(H,26,28,30)(H,27,29,31)/t8?,9-/m1/s1. The van der Waals surface area contributed by atoms with Gasteiger partial charge in [0.15, 0.2) is 10.8 Å². The Bertz CT molecular complexity index is 1320. The van der Waals surface area contributed by atoms with Crippen LogP contribution in [0.4, 0.5) is 13.2 Å². The molecule has 0 spiro atoms. The number of rotatable bonds is 4. The number of aromatic nitrogens is 6. The van der Waals surface area contributed by atoms with E-state index in [0.29, 0.717) is 20.7 Å². The molecule has 0 saturated heterocycles. The van der Waals surface area contributed by atoms with E-state index >= 15 is 0 Å². The lowest BCUT2D eigenvalue weighted by Gasteiger charge is -2.12. The number of pyridine rings is 1. The van der Waals surface area contributed by atoms with Gasteiger partial charge in [0.05, 0.1) is 16.1 Å². The van der Waals surface area contributed by atoms with Crippen LogP contribution in [-0.2, 0) is 12.6 Å². The molecule has 0 aliphatic heterocycles. The molecule has 4 N–H and O–H groups in total. The highest BCUT2D eigenvalue weighted by Gasteiger charge is 2.35. The number of nitrogens with two attached hydrogens (primary N) is 1. The Hall–Kier alpha value is -2.37. The molecular formula is C20H19ClF3N7S. The average Bonchev–Trinajstić information content (AvgIpc) is 3.44. The fraction of sp³-hybridized carbons (Fsp3) is 0.400. The van der Waals surface area contributed by atoms with E-state index < -0.39 is 12.0 Å². The Balaban J connectivity index is 1.55. The molecule has 1 unspecified atom stereocenters. The maximum absolute atomic E-state index is 12.9. The van der Waals surface area contributed by atoms with Crippen LogP contribution in [0.25, 0.3) is 22.2 Å². The van der Waals surface area contributed by atoms with E-state index in [-0.39, 0.29) is 23.1 Å². The first-order valence-corrected chi connectivity index (χ1v) is 11.4. The fourth-order valence-corrected chi connectivity index (χ4v) is 5.27. The van der Waals surface area contributed by atoms with Gasteiger partial charge in [0.25, 0.3) is 0 Å². The van der Waals surface area contributed by atoms with Crippen LogP contribution >= 0.6 is 23.4 Å². The molecule has 4 aromatic rings. The number of halogens is 4. The third-order valence-electron chi connectivity index (χ3n) is 5.67. The first-order valence-electron chi connectivity index (χ1n) is 10.2. The Kier molecular flexibility index (Phi) is 5.30. The molecule has 1 aliphatic rings. The zero-order chi connectivity index (χ0) is 22.6. The van der Waals surface area contributed by atoms with E-state index in [1.807, 2.05) is 6.92 Å². The number of imidazole rings is 1. The lowest BCUT2D eigenvalue weighted by Crippen LogP contribution is -2.14. The number of hydrogen-bond acceptors (Lipinski definition) is 6. The van der Waals surface area contributed by atoms with Gasteiger partial charge < -0.3 is 15.7 Å². The first kappa shape index (κ1) is 21.5. The second-order valence-corrected chi connectivity index (χ2v) is 9.30. The van der Waals surface area contributed by atoms with Crippen molar-refractivity contribution >= 4 is 45.6 Å². The van der Waals surface area contributed by atoms with Crippen LogP contribution in [0.2, 0.25) is 5.02 Å². The summed E-state index contributed by atoms with van der Waals surface area (Å²) in [4.78, 5) is 23.2. The quantitative estimate of drug-likeness (QED) is 0.345. The highest BCUT2D eigenvalue weighted by atomic mass is 35.5. The maximum Gasteiger partial charge on any atom is 0.449 e. The number of hydrogen-bond donors (Lipinski definition) is 3. The number of nitrogens with one attached hydrogen (secondary N) is 2. The summed E-state index contributed by atoms with van der Waals surface area (Å²) in [5, 5.41) is 1.91. The summed E-state index contributed by atoms with van der Waals surface area (Å²) in [5.41, 5.74) is 8.73. The number of aryl methyl sites for hydroxylation is 1. The van der Waals surface area contributed by atoms with Crippen LogP contribution in [0.5, 0.6) is 0 Å². The SMILES string of the molecule is CCc1[nH]c2nc(Sc3cnc4[nH]c(C(F)(F)F)nc4c3)nc(C3CC[C@@H](N)C3)c2c1Cl. The summed E-state index contributed by atoms with van der Waals surface area (Å²) in [6.07, 6.45) is 0.291. The normalized spacial score (nSPS) is 19.4. The van der Waals surface area contributed by atoms with Gasteiger partial charge in [-0.1, -0.05) is 18.5 Å². The van der Waals surface area contributed by atoms with Crippen molar-refractivity contribution in [2.45, 2.75) is 60.8 Å². The van der Waals surface area contributed by atoms with Crippen LogP contribution in [0.3, 0.4) is 0 Å². The minimum Gasteiger partial charge on any atom is -0.342 e. The fourth-order valence-electron chi connectivity index (χ4n) is 4.13. The van der Waals surface area contributed by atoms with E-state index in [2.05, 4.69) is 24.9 Å². The third-order valence-corrected chi connectivity index (χ3v) is 6.91. The smallest absolute Gasteiger partial charge is 0.342 e. The molecule has 2 atom stereocenters. The molecule has 1 fully saturated rings. The highest BCUT2D eigenvalue weighted by Crippen LogP contribution is 2.41. The Morgan fingerprint density at radius 2 is 2.00 bits per heavy atom. The Morgan fingerprint density at radius 1 is 1.19 bits per heavy atom. The number of alkyl halides is 3. The minimum absolute atomic E-state index is 0.0717. The maximum atomic E-state index is 12.9. The zero-order valence-corrected chi connectivity index (χ0v) is 18.5. The monoisotopic (exact) mass is 481 g/mol. The van der Waals surface area contributed by atoms with Crippen LogP contribution in [0.1, 0.15) is 49.3 Å². The van der Waals surface area contributed by atoms with Crippen molar-refractivity contribution < 1.29 is 13.2 Å². The van der Waals surface area contributed by atoms with Crippen LogP contribution < -0.4 is 5.73 Å². The molecule has 7 nitrogen and oxygen atoms in total. The molecule has 1 saturated carbocycles. The van der Waals surface area contributed by atoms with Gasteiger partial charge >= 0.3 is 6.18 Å². The van der Waals surface area contributed by atoms with E-state index in [0.717, 1.165) is 42.5 Å². The van der Waals surface area contributed by atoms with Crippen LogP contribution in [-0.4, -0.2) is 35.9 Å². The average molecular weight is 482 g/mol. The molecule has 168 valence electrons. The van der Waals surface area contributed by atoms with Gasteiger partial charge in [0.1, 0.15) is 11.2 Å². The molecular weight excluding hydrogens is 463 g/mol. The van der Waals surface area contributed by atoms with E-state index in [1.165, 1.54) is 24.0 Å². The molecule has 0 bridgehead atoms. The van der Waals surface area contributed by atoms with Crippen molar-refractivity contribution in [3.8, 4) is 0 Å². The summed E-state index contributed by atoms with van der Waals surface area (Å²) in [6, 6.07) is 1.66. The molecule has 4 aromatic heterocycles. The number of nitrogens with zero attached hydrogens (tertiary/aromatic N) is 4. The van der Waals surface area contributed by atoms with Crippen molar-refractivity contribution in [2.75, 3.05) is 0 Å². The number of aromatic amines is 2. The summed E-state index contributed by atoms with van der Waals surface area (Å²) in [7, 11) is 0. The topological polar surface area (TPSA) is 109 Å². The van der Waals surface area contributed by atoms with Gasteiger partial charge in [0.2, 0.25) is 5.82 Å². The van der Waals surface area contributed by atoms with E-state index in [4.69, 9.17) is 22.3 Å². The molecule has 1 aliphatic carbocycles. The second-order valence-electron chi connectivity index (χ2n) is 7.88. The van der Waals surface area contributed by atoms with Crippen LogP contribution in [0, 0.1) is 0 Å². The molecule has 12 heteroatoms. The predicted molar refractivity (Wildman–Crippen MR) is 116 cm³/mol. The summed E-state index contributed by atoms with van der Waals surface area (Å²) < 4.78 is 38.8. The van der Waals surface area contributed by atoms with Crippen molar-refractivity contribution in [1.29, 1.82) is 0 Å². The lowest BCUT2D eigenvalue weighted by atomic mass is 10.0. The van der Waals surface area contributed by atoms with Gasteiger partial charge in [-0.3, -0.25) is 0 Å². The van der Waals surface area contributed by atoms with Crippen molar-refractivity contribution in [3.63, 3.8) is 0 Å². The van der Waals surface area contributed by atoms with Gasteiger partial charge in [0, 0.05) is 28.7 Å². The second kappa shape index (κ2) is 7.89. The predicted octanol–water partition coefficient (Wildman–Crippen LogP) is 5.21. The number of fused-ring (bicyclic) bond motifs is 2. The summed E-state index contributed by atoms with van der Waals surface area (Å²) >= 11 is 7.85. The molecule has 0 radical (unpaired) electrons. The minimum atomic E-state index is -4.57.